The van der Waals surface area contributed by atoms with Gasteiger partial charge in [-0.15, -0.1) is 13.2 Å². The van der Waals surface area contributed by atoms with Gasteiger partial charge in [0.05, 0.1) is 3.57 Å². The van der Waals surface area contributed by atoms with Crippen molar-refractivity contribution in [1.82, 2.24) is 4.98 Å². The highest BCUT2D eigenvalue weighted by molar-refractivity contribution is 14.1. The van der Waals surface area contributed by atoms with E-state index in [9.17, 15) is 13.2 Å². The zero-order valence-corrected chi connectivity index (χ0v) is 11.1. The summed E-state index contributed by atoms with van der Waals surface area (Å²) in [5.41, 5.74) is 0.0540. The summed E-state index contributed by atoms with van der Waals surface area (Å²) in [5.74, 6) is -0.372. The summed E-state index contributed by atoms with van der Waals surface area (Å²) in [4.78, 5) is 3.63. The molecule has 0 aromatic carbocycles. The van der Waals surface area contributed by atoms with E-state index >= 15 is 0 Å². The maximum atomic E-state index is 12.0. The maximum Gasteiger partial charge on any atom is 0.573 e. The summed E-state index contributed by atoms with van der Waals surface area (Å²) < 4.78 is 39.9. The molecule has 0 amide bonds. The van der Waals surface area contributed by atoms with Crippen LogP contribution in [0.2, 0.25) is 0 Å². The number of halogens is 5. The topological polar surface area (TPSA) is 45.9 Å². The third-order valence-electron chi connectivity index (χ3n) is 1.22. The van der Waals surface area contributed by atoms with E-state index in [1.807, 2.05) is 0 Å². The molecule has 0 aliphatic carbocycles. The lowest BCUT2D eigenvalue weighted by molar-refractivity contribution is -0.275. The van der Waals surface area contributed by atoms with Crippen LogP contribution in [0.5, 0.6) is 5.75 Å². The smallest absolute Gasteiger partial charge is 0.402 e. The lowest BCUT2D eigenvalue weighted by Gasteiger charge is -2.11. The summed E-state index contributed by atoms with van der Waals surface area (Å²) in [5, 5.41) is 8.53. The van der Waals surface area contributed by atoms with E-state index in [1.165, 1.54) is 6.07 Å². The minimum atomic E-state index is -4.75. The quantitative estimate of drug-likeness (QED) is 0.499. The third kappa shape index (κ3) is 3.63. The number of hydrogen-bond acceptors (Lipinski definition) is 3. The molecule has 1 aromatic rings. The molecule has 0 aliphatic rings. The summed E-state index contributed by atoms with van der Waals surface area (Å²) >= 11 is 3.24. The van der Waals surface area contributed by atoms with Gasteiger partial charge < -0.3 is 4.74 Å². The molecule has 0 unspecified atom stereocenters. The predicted octanol–water partition coefficient (Wildman–Crippen LogP) is 3.06. The molecule has 80 valence electrons. The molecule has 0 spiro atoms. The Morgan fingerprint density at radius 3 is 2.40 bits per heavy atom. The van der Waals surface area contributed by atoms with Crippen molar-refractivity contribution in [3.8, 4) is 11.8 Å². The SMILES string of the molecule is N#Cc1cc(I)c(OC(F)(F)F)c(I)n1. The van der Waals surface area contributed by atoms with Gasteiger partial charge in [-0.05, 0) is 51.2 Å². The van der Waals surface area contributed by atoms with Gasteiger partial charge in [-0.3, -0.25) is 0 Å². The number of alkyl halides is 3. The van der Waals surface area contributed by atoms with Crippen LogP contribution in [0.4, 0.5) is 13.2 Å². The van der Waals surface area contributed by atoms with Crippen LogP contribution in [0, 0.1) is 18.6 Å². The van der Waals surface area contributed by atoms with E-state index in [1.54, 1.807) is 51.3 Å². The van der Waals surface area contributed by atoms with Gasteiger partial charge in [-0.25, -0.2) is 4.98 Å². The Balaban J connectivity index is 3.16. The molecule has 0 fully saturated rings. The first-order valence-corrected chi connectivity index (χ1v) is 5.51. The van der Waals surface area contributed by atoms with Crippen molar-refractivity contribution in [1.29, 1.82) is 5.26 Å². The number of pyridine rings is 1. The number of aromatic nitrogens is 1. The van der Waals surface area contributed by atoms with Gasteiger partial charge in [-0.2, -0.15) is 5.26 Å². The number of nitrogens with zero attached hydrogens (tertiary/aromatic N) is 2. The molecular formula is C7HF3I2N2O. The van der Waals surface area contributed by atoms with Crippen molar-refractivity contribution >= 4 is 45.2 Å². The van der Waals surface area contributed by atoms with E-state index in [0.29, 0.717) is 0 Å². The standard InChI is InChI=1S/C7HF3I2N2O/c8-7(9,10)15-5-4(11)1-3(2-13)14-6(5)12/h1H. The van der Waals surface area contributed by atoms with Gasteiger partial charge in [0.15, 0.2) is 5.75 Å². The number of hydrogen-bond donors (Lipinski definition) is 0. The Morgan fingerprint density at radius 2 is 2.00 bits per heavy atom. The van der Waals surface area contributed by atoms with Crippen LogP contribution in [-0.2, 0) is 0 Å². The molecule has 15 heavy (non-hydrogen) atoms. The monoisotopic (exact) mass is 440 g/mol. The van der Waals surface area contributed by atoms with Gasteiger partial charge in [0, 0.05) is 0 Å². The van der Waals surface area contributed by atoms with Crippen LogP contribution >= 0.6 is 45.2 Å². The Morgan fingerprint density at radius 1 is 1.40 bits per heavy atom. The molecule has 3 nitrogen and oxygen atoms in total. The largest absolute Gasteiger partial charge is 0.573 e. The lowest BCUT2D eigenvalue weighted by atomic mass is 10.4. The van der Waals surface area contributed by atoms with Crippen molar-refractivity contribution in [3.63, 3.8) is 0 Å². The Kier molecular flexibility index (Phi) is 3.99. The van der Waals surface area contributed by atoms with Crippen LogP contribution in [-0.4, -0.2) is 11.3 Å². The van der Waals surface area contributed by atoms with E-state index < -0.39 is 6.36 Å². The van der Waals surface area contributed by atoms with Crippen LogP contribution in [0.3, 0.4) is 0 Å². The minimum absolute atomic E-state index is 0.00775. The van der Waals surface area contributed by atoms with Gasteiger partial charge in [-0.1, -0.05) is 0 Å². The molecule has 1 rings (SSSR count). The molecule has 0 saturated heterocycles. The highest BCUT2D eigenvalue weighted by atomic mass is 127. The van der Waals surface area contributed by atoms with Crippen molar-refractivity contribution in [2.24, 2.45) is 0 Å². The molecule has 1 heterocycles. The van der Waals surface area contributed by atoms with Gasteiger partial charge in [0.2, 0.25) is 0 Å². The predicted molar refractivity (Wildman–Crippen MR) is 61.1 cm³/mol. The molecule has 8 heteroatoms. The fraction of sp³-hybridized carbons (Fsp3) is 0.143. The van der Waals surface area contributed by atoms with Crippen LogP contribution < -0.4 is 4.74 Å². The fourth-order valence-electron chi connectivity index (χ4n) is 0.737. The molecule has 0 saturated carbocycles. The highest BCUT2D eigenvalue weighted by Gasteiger charge is 2.33. The van der Waals surface area contributed by atoms with E-state index in [4.69, 9.17) is 5.26 Å². The number of rotatable bonds is 1. The third-order valence-corrected chi connectivity index (χ3v) is 2.75. The van der Waals surface area contributed by atoms with Gasteiger partial charge >= 0.3 is 6.36 Å². The lowest BCUT2D eigenvalue weighted by Crippen LogP contribution is -2.19. The Bertz CT molecular complexity index is 404. The fourth-order valence-corrected chi connectivity index (χ4v) is 2.57. The zero-order valence-electron chi connectivity index (χ0n) is 6.77. The van der Waals surface area contributed by atoms with Crippen LogP contribution in [0.15, 0.2) is 6.07 Å². The average Bonchev–Trinajstić information content (AvgIpc) is 2.09. The highest BCUT2D eigenvalue weighted by Crippen LogP contribution is 2.31. The number of ether oxygens (including phenoxy) is 1. The summed E-state index contributed by atoms with van der Waals surface area (Å²) in [6.07, 6.45) is -4.75. The van der Waals surface area contributed by atoms with Crippen molar-refractivity contribution in [2.75, 3.05) is 0 Å². The van der Waals surface area contributed by atoms with E-state index in [-0.39, 0.29) is 18.7 Å². The molecule has 1 aromatic heterocycles. The molecular weight excluding hydrogens is 439 g/mol. The first kappa shape index (κ1) is 12.8. The minimum Gasteiger partial charge on any atom is -0.402 e. The average molecular weight is 440 g/mol. The second kappa shape index (κ2) is 4.69. The van der Waals surface area contributed by atoms with Gasteiger partial charge in [0.25, 0.3) is 0 Å². The number of nitriles is 1. The van der Waals surface area contributed by atoms with Gasteiger partial charge in [0.1, 0.15) is 15.5 Å². The second-order valence-electron chi connectivity index (χ2n) is 2.27. The molecule has 0 aliphatic heterocycles. The van der Waals surface area contributed by atoms with Crippen molar-refractivity contribution in [2.45, 2.75) is 6.36 Å². The summed E-state index contributed by atoms with van der Waals surface area (Å²) in [7, 11) is 0. The second-order valence-corrected chi connectivity index (χ2v) is 4.45. The maximum absolute atomic E-state index is 12.0. The molecule has 0 radical (unpaired) electrons. The summed E-state index contributed by atoms with van der Waals surface area (Å²) in [6.45, 7) is 0. The van der Waals surface area contributed by atoms with E-state index in [2.05, 4.69) is 9.72 Å². The summed E-state index contributed by atoms with van der Waals surface area (Å²) in [6, 6.07) is 2.97. The van der Waals surface area contributed by atoms with E-state index in [0.717, 1.165) is 0 Å². The van der Waals surface area contributed by atoms with Crippen molar-refractivity contribution in [3.05, 3.63) is 19.0 Å². The normalized spacial score (nSPS) is 10.9. The van der Waals surface area contributed by atoms with Crippen LogP contribution in [0.1, 0.15) is 5.69 Å². The Labute approximate surface area is 110 Å². The first-order valence-electron chi connectivity index (χ1n) is 3.35. The molecule has 0 N–H and O–H groups in total. The first-order chi connectivity index (χ1) is 6.83. The Hall–Kier alpha value is -0.310. The molecule has 0 bridgehead atoms. The zero-order chi connectivity index (χ0) is 11.6. The molecule has 0 atom stereocenters. The van der Waals surface area contributed by atoms with Crippen LogP contribution in [0.25, 0.3) is 0 Å². The van der Waals surface area contributed by atoms with Crippen molar-refractivity contribution < 1.29 is 17.9 Å².